The second kappa shape index (κ2) is 7.59. The summed E-state index contributed by atoms with van der Waals surface area (Å²) < 4.78 is 39.0. The Bertz CT molecular complexity index is 651. The lowest BCUT2D eigenvalue weighted by molar-refractivity contribution is -0.137. The molecule has 3 rings (SSSR count). The van der Waals surface area contributed by atoms with E-state index in [1.165, 1.54) is 18.9 Å². The number of halogens is 3. The third-order valence-electron chi connectivity index (χ3n) is 5.65. The minimum atomic E-state index is -4.40. The zero-order valence-electron chi connectivity index (χ0n) is 15.4. The fraction of sp³-hybridized carbons (Fsp3) is 0.650. The molecule has 0 aromatic heterocycles. The number of carbonyl (C=O) groups excluding carboxylic acids is 1. The Morgan fingerprint density at radius 3 is 2.46 bits per heavy atom. The van der Waals surface area contributed by atoms with Gasteiger partial charge in [-0.05, 0) is 74.9 Å². The van der Waals surface area contributed by atoms with Crippen LogP contribution in [0.3, 0.4) is 0 Å². The molecule has 1 aromatic rings. The van der Waals surface area contributed by atoms with Crippen molar-refractivity contribution < 1.29 is 18.0 Å². The van der Waals surface area contributed by atoms with Crippen LogP contribution in [0.15, 0.2) is 18.2 Å². The third-order valence-corrected chi connectivity index (χ3v) is 5.65. The predicted octanol–water partition coefficient (Wildman–Crippen LogP) is 4.58. The topological polar surface area (TPSA) is 32.3 Å². The van der Waals surface area contributed by atoms with Crippen LogP contribution in [0, 0.1) is 0 Å². The first-order chi connectivity index (χ1) is 12.3. The van der Waals surface area contributed by atoms with Crippen LogP contribution in [-0.4, -0.2) is 36.0 Å². The molecule has 1 aromatic carbocycles. The van der Waals surface area contributed by atoms with E-state index in [1.807, 2.05) is 13.8 Å². The van der Waals surface area contributed by atoms with Gasteiger partial charge in [-0.2, -0.15) is 13.2 Å². The maximum atomic E-state index is 13.0. The number of benzene rings is 1. The van der Waals surface area contributed by atoms with Gasteiger partial charge in [-0.3, -0.25) is 9.69 Å². The highest BCUT2D eigenvalue weighted by molar-refractivity contribution is 5.96. The van der Waals surface area contributed by atoms with Gasteiger partial charge in [0, 0.05) is 17.6 Å². The molecular formula is C20H27F3N2O. The SMILES string of the molecule is CC(C)c1cc(C(F)(F)F)ccc1C(=O)N[C@H]1CCC[C@H]1N1CCCC1. The average molecular weight is 368 g/mol. The summed E-state index contributed by atoms with van der Waals surface area (Å²) >= 11 is 0. The van der Waals surface area contributed by atoms with Gasteiger partial charge in [0.2, 0.25) is 0 Å². The molecule has 2 aliphatic rings. The molecule has 2 atom stereocenters. The molecular weight excluding hydrogens is 341 g/mol. The molecule has 6 heteroatoms. The van der Waals surface area contributed by atoms with Crippen LogP contribution in [0.25, 0.3) is 0 Å². The Morgan fingerprint density at radius 1 is 1.15 bits per heavy atom. The number of carbonyl (C=O) groups is 1. The van der Waals surface area contributed by atoms with Crippen molar-refractivity contribution in [1.29, 1.82) is 0 Å². The largest absolute Gasteiger partial charge is 0.416 e. The van der Waals surface area contributed by atoms with Crippen molar-refractivity contribution in [3.05, 3.63) is 34.9 Å². The van der Waals surface area contributed by atoms with Gasteiger partial charge in [-0.1, -0.05) is 13.8 Å². The summed E-state index contributed by atoms with van der Waals surface area (Å²) in [7, 11) is 0. The van der Waals surface area contributed by atoms with Crippen LogP contribution in [0.2, 0.25) is 0 Å². The molecule has 26 heavy (non-hydrogen) atoms. The Balaban J connectivity index is 1.78. The van der Waals surface area contributed by atoms with Crippen LogP contribution in [0.1, 0.15) is 73.4 Å². The molecule has 2 fully saturated rings. The van der Waals surface area contributed by atoms with Crippen LogP contribution >= 0.6 is 0 Å². The Morgan fingerprint density at radius 2 is 1.85 bits per heavy atom. The van der Waals surface area contributed by atoms with Gasteiger partial charge in [0.05, 0.1) is 5.56 Å². The van der Waals surface area contributed by atoms with E-state index >= 15 is 0 Å². The molecule has 1 aliphatic carbocycles. The van der Waals surface area contributed by atoms with Gasteiger partial charge in [-0.15, -0.1) is 0 Å². The van der Waals surface area contributed by atoms with Gasteiger partial charge in [0.1, 0.15) is 0 Å². The van der Waals surface area contributed by atoms with Gasteiger partial charge < -0.3 is 5.32 Å². The number of hydrogen-bond donors (Lipinski definition) is 1. The summed E-state index contributed by atoms with van der Waals surface area (Å²) in [5.74, 6) is -0.408. The number of amides is 1. The molecule has 0 radical (unpaired) electrons. The lowest BCUT2D eigenvalue weighted by Crippen LogP contribution is -2.48. The summed E-state index contributed by atoms with van der Waals surface area (Å²) in [6.07, 6.45) is 1.10. The standard InChI is InChI=1S/C20H27F3N2O/c1-13(2)16-12-14(20(21,22)23)8-9-15(16)19(26)24-17-6-5-7-18(17)25-10-3-4-11-25/h8-9,12-13,17-18H,3-7,10-11H2,1-2H3,(H,24,26)/t17-,18+/m0/s1. The quantitative estimate of drug-likeness (QED) is 0.844. The zero-order chi connectivity index (χ0) is 18.9. The Kier molecular flexibility index (Phi) is 5.61. The highest BCUT2D eigenvalue weighted by Crippen LogP contribution is 2.33. The molecule has 1 heterocycles. The zero-order valence-corrected chi connectivity index (χ0v) is 15.4. The highest BCUT2D eigenvalue weighted by Gasteiger charge is 2.35. The van der Waals surface area contributed by atoms with E-state index in [9.17, 15) is 18.0 Å². The maximum absolute atomic E-state index is 13.0. The molecule has 0 unspecified atom stereocenters. The predicted molar refractivity (Wildman–Crippen MR) is 95.2 cm³/mol. The molecule has 1 amide bonds. The van der Waals surface area contributed by atoms with Crippen molar-refractivity contribution in [2.75, 3.05) is 13.1 Å². The van der Waals surface area contributed by atoms with E-state index in [0.717, 1.165) is 44.5 Å². The third kappa shape index (κ3) is 4.05. The van der Waals surface area contributed by atoms with Crippen molar-refractivity contribution in [3.63, 3.8) is 0 Å². The first-order valence-corrected chi connectivity index (χ1v) is 9.53. The van der Waals surface area contributed by atoms with Crippen molar-refractivity contribution in [2.45, 2.75) is 70.1 Å². The first kappa shape index (κ1) is 19.2. The Labute approximate surface area is 152 Å². The molecule has 0 spiro atoms. The Hall–Kier alpha value is -1.56. The summed E-state index contributed by atoms with van der Waals surface area (Å²) in [6, 6.07) is 3.90. The van der Waals surface area contributed by atoms with Gasteiger partial charge in [0.15, 0.2) is 0 Å². The number of rotatable bonds is 4. The highest BCUT2D eigenvalue weighted by atomic mass is 19.4. The summed E-state index contributed by atoms with van der Waals surface area (Å²) in [5.41, 5.74) is 0.113. The van der Waals surface area contributed by atoms with Crippen molar-refractivity contribution in [3.8, 4) is 0 Å². The normalized spacial score (nSPS) is 24.4. The molecule has 1 N–H and O–H groups in total. The number of nitrogens with zero attached hydrogens (tertiary/aromatic N) is 1. The van der Waals surface area contributed by atoms with E-state index < -0.39 is 11.7 Å². The summed E-state index contributed by atoms with van der Waals surface area (Å²) in [5, 5.41) is 3.11. The van der Waals surface area contributed by atoms with E-state index in [4.69, 9.17) is 0 Å². The minimum absolute atomic E-state index is 0.0860. The minimum Gasteiger partial charge on any atom is -0.348 e. The smallest absolute Gasteiger partial charge is 0.348 e. The van der Waals surface area contributed by atoms with Crippen LogP contribution in [-0.2, 0) is 6.18 Å². The number of likely N-dealkylation sites (tertiary alicyclic amines) is 1. The fourth-order valence-electron chi connectivity index (χ4n) is 4.29. The molecule has 3 nitrogen and oxygen atoms in total. The molecule has 0 bridgehead atoms. The molecule has 1 saturated carbocycles. The second-order valence-electron chi connectivity index (χ2n) is 7.78. The maximum Gasteiger partial charge on any atom is 0.416 e. The summed E-state index contributed by atoms with van der Waals surface area (Å²) in [4.78, 5) is 15.3. The van der Waals surface area contributed by atoms with Crippen molar-refractivity contribution >= 4 is 5.91 Å². The lowest BCUT2D eigenvalue weighted by Gasteiger charge is -2.30. The van der Waals surface area contributed by atoms with Crippen LogP contribution < -0.4 is 5.32 Å². The molecule has 144 valence electrons. The summed E-state index contributed by atoms with van der Waals surface area (Å²) in [6.45, 7) is 5.78. The number of nitrogens with one attached hydrogen (secondary N) is 1. The molecule has 1 aliphatic heterocycles. The van der Waals surface area contributed by atoms with Crippen molar-refractivity contribution in [2.24, 2.45) is 0 Å². The van der Waals surface area contributed by atoms with Gasteiger partial charge in [-0.25, -0.2) is 0 Å². The second-order valence-corrected chi connectivity index (χ2v) is 7.78. The van der Waals surface area contributed by atoms with Crippen molar-refractivity contribution in [1.82, 2.24) is 10.2 Å². The van der Waals surface area contributed by atoms with E-state index in [-0.39, 0.29) is 17.9 Å². The van der Waals surface area contributed by atoms with E-state index in [0.29, 0.717) is 17.2 Å². The number of alkyl halides is 3. The van der Waals surface area contributed by atoms with E-state index in [1.54, 1.807) is 0 Å². The fourth-order valence-corrected chi connectivity index (χ4v) is 4.29. The van der Waals surface area contributed by atoms with Gasteiger partial charge in [0.25, 0.3) is 5.91 Å². The monoisotopic (exact) mass is 368 g/mol. The van der Waals surface area contributed by atoms with Gasteiger partial charge >= 0.3 is 6.18 Å². The average Bonchev–Trinajstić information content (AvgIpc) is 3.24. The number of hydrogen-bond acceptors (Lipinski definition) is 2. The van der Waals surface area contributed by atoms with Crippen LogP contribution in [0.5, 0.6) is 0 Å². The molecule has 1 saturated heterocycles. The first-order valence-electron chi connectivity index (χ1n) is 9.53. The van der Waals surface area contributed by atoms with Crippen LogP contribution in [0.4, 0.5) is 13.2 Å². The lowest BCUT2D eigenvalue weighted by atomic mass is 9.94. The van der Waals surface area contributed by atoms with E-state index in [2.05, 4.69) is 10.2 Å².